The van der Waals surface area contributed by atoms with E-state index in [2.05, 4.69) is 4.98 Å². The molecule has 6 heteroatoms. The van der Waals surface area contributed by atoms with Gasteiger partial charge in [-0.25, -0.2) is 13.8 Å². The number of nitrogen functional groups attached to an aromatic ring is 1. The van der Waals surface area contributed by atoms with Crippen LogP contribution in [0.1, 0.15) is 5.56 Å². The van der Waals surface area contributed by atoms with Crippen LogP contribution in [0.15, 0.2) is 36.4 Å². The van der Waals surface area contributed by atoms with Crippen LogP contribution in [-0.2, 0) is 0 Å². The molecule has 3 aromatic rings. The van der Waals surface area contributed by atoms with Crippen molar-refractivity contribution in [1.82, 2.24) is 9.55 Å². The number of aromatic nitrogens is 2. The van der Waals surface area contributed by atoms with Gasteiger partial charge in [0.15, 0.2) is 0 Å². The third-order valence-corrected chi connectivity index (χ3v) is 2.99. The summed E-state index contributed by atoms with van der Waals surface area (Å²) in [4.78, 5) is 4.03. The maximum absolute atomic E-state index is 13.9. The smallest absolute Gasteiger partial charge is 0.206 e. The average molecular weight is 270 g/mol. The van der Waals surface area contributed by atoms with Gasteiger partial charge in [-0.05, 0) is 24.3 Å². The number of hydrogen-bond acceptors (Lipinski definition) is 3. The van der Waals surface area contributed by atoms with Crippen molar-refractivity contribution in [1.29, 1.82) is 5.26 Å². The molecular weight excluding hydrogens is 262 g/mol. The van der Waals surface area contributed by atoms with Gasteiger partial charge in [-0.2, -0.15) is 5.26 Å². The monoisotopic (exact) mass is 270 g/mol. The lowest BCUT2D eigenvalue weighted by Crippen LogP contribution is -2.05. The van der Waals surface area contributed by atoms with Gasteiger partial charge in [0.25, 0.3) is 0 Å². The van der Waals surface area contributed by atoms with Gasteiger partial charge in [-0.3, -0.25) is 4.57 Å². The Kier molecular flexibility index (Phi) is 2.61. The third kappa shape index (κ3) is 1.61. The van der Waals surface area contributed by atoms with Gasteiger partial charge in [0, 0.05) is 0 Å². The fourth-order valence-electron chi connectivity index (χ4n) is 2.15. The number of hydrogen-bond donors (Lipinski definition) is 1. The fourth-order valence-corrected chi connectivity index (χ4v) is 2.15. The van der Waals surface area contributed by atoms with E-state index in [4.69, 9.17) is 11.0 Å². The van der Waals surface area contributed by atoms with Gasteiger partial charge in [0.05, 0.1) is 11.1 Å². The number of nitrogens with two attached hydrogens (primary N) is 1. The summed E-state index contributed by atoms with van der Waals surface area (Å²) in [6.45, 7) is 0. The van der Waals surface area contributed by atoms with E-state index < -0.39 is 11.6 Å². The Balaban J connectivity index is 2.44. The first kappa shape index (κ1) is 12.1. The van der Waals surface area contributed by atoms with E-state index >= 15 is 0 Å². The number of imidazole rings is 1. The number of nitrogens with zero attached hydrogens (tertiary/aromatic N) is 3. The molecule has 0 saturated heterocycles. The van der Waals surface area contributed by atoms with Crippen LogP contribution < -0.4 is 5.73 Å². The molecule has 3 rings (SSSR count). The van der Waals surface area contributed by atoms with Crippen molar-refractivity contribution < 1.29 is 8.78 Å². The number of nitriles is 1. The Bertz CT molecular complexity index is 841. The molecule has 20 heavy (non-hydrogen) atoms. The van der Waals surface area contributed by atoms with E-state index in [-0.39, 0.29) is 11.6 Å². The normalized spacial score (nSPS) is 10.7. The summed E-state index contributed by atoms with van der Waals surface area (Å²) in [5.41, 5.74) is 6.44. The second-order valence-corrected chi connectivity index (χ2v) is 4.16. The van der Waals surface area contributed by atoms with Crippen molar-refractivity contribution in [3.05, 3.63) is 53.6 Å². The molecule has 0 spiro atoms. The first-order valence-corrected chi connectivity index (χ1v) is 5.75. The lowest BCUT2D eigenvalue weighted by Gasteiger charge is -2.08. The van der Waals surface area contributed by atoms with Crippen LogP contribution in [0.3, 0.4) is 0 Å². The first-order valence-electron chi connectivity index (χ1n) is 5.75. The minimum atomic E-state index is -0.752. The Morgan fingerprint density at radius 2 is 1.75 bits per heavy atom. The molecule has 4 nitrogen and oxygen atoms in total. The molecule has 0 bridgehead atoms. The number of anilines is 1. The largest absolute Gasteiger partial charge is 0.369 e. The molecule has 0 atom stereocenters. The quantitative estimate of drug-likeness (QED) is 0.739. The summed E-state index contributed by atoms with van der Waals surface area (Å²) in [6, 6.07) is 10.3. The van der Waals surface area contributed by atoms with Gasteiger partial charge in [-0.1, -0.05) is 12.1 Å². The van der Waals surface area contributed by atoms with Gasteiger partial charge in [0.1, 0.15) is 28.9 Å². The standard InChI is InChI=1S/C14H8F2N4/c15-9-4-2-5-10(16)13(9)20-11-6-1-3-8(7-17)12(11)19-14(20)18/h1-6H,(H2,18,19). The Morgan fingerprint density at radius 1 is 1.10 bits per heavy atom. The highest BCUT2D eigenvalue weighted by molar-refractivity contribution is 5.85. The van der Waals surface area contributed by atoms with Gasteiger partial charge >= 0.3 is 0 Å². The minimum absolute atomic E-state index is 0.0771. The van der Waals surface area contributed by atoms with Crippen molar-refractivity contribution >= 4 is 17.0 Å². The van der Waals surface area contributed by atoms with Crippen molar-refractivity contribution in [3.63, 3.8) is 0 Å². The zero-order valence-corrected chi connectivity index (χ0v) is 10.1. The van der Waals surface area contributed by atoms with Gasteiger partial charge in [-0.15, -0.1) is 0 Å². The maximum atomic E-state index is 13.9. The second kappa shape index (κ2) is 4.31. The molecule has 98 valence electrons. The highest BCUT2D eigenvalue weighted by Gasteiger charge is 2.18. The number of para-hydroxylation sites is 2. The van der Waals surface area contributed by atoms with E-state index in [0.29, 0.717) is 16.6 Å². The van der Waals surface area contributed by atoms with Gasteiger partial charge in [0.2, 0.25) is 5.95 Å². The minimum Gasteiger partial charge on any atom is -0.369 e. The summed E-state index contributed by atoms with van der Waals surface area (Å²) in [5, 5.41) is 9.03. The van der Waals surface area contributed by atoms with Crippen molar-refractivity contribution in [2.24, 2.45) is 0 Å². The molecule has 0 aliphatic carbocycles. The first-order chi connectivity index (χ1) is 9.63. The van der Waals surface area contributed by atoms with E-state index in [9.17, 15) is 8.78 Å². The van der Waals surface area contributed by atoms with Crippen LogP contribution in [0.4, 0.5) is 14.7 Å². The molecule has 0 aliphatic rings. The van der Waals surface area contributed by atoms with Crippen LogP contribution >= 0.6 is 0 Å². The van der Waals surface area contributed by atoms with Crippen molar-refractivity contribution in [2.75, 3.05) is 5.73 Å². The topological polar surface area (TPSA) is 67.6 Å². The third-order valence-electron chi connectivity index (χ3n) is 2.99. The molecular formula is C14H8F2N4. The van der Waals surface area contributed by atoms with Gasteiger partial charge < -0.3 is 5.73 Å². The molecule has 0 unspecified atom stereocenters. The molecule has 2 aromatic carbocycles. The number of fused-ring (bicyclic) bond motifs is 1. The second-order valence-electron chi connectivity index (χ2n) is 4.16. The summed E-state index contributed by atoms with van der Waals surface area (Å²) < 4.78 is 29.0. The van der Waals surface area contributed by atoms with E-state index in [0.717, 1.165) is 12.1 Å². The van der Waals surface area contributed by atoms with Crippen LogP contribution in [0.5, 0.6) is 0 Å². The van der Waals surface area contributed by atoms with Crippen LogP contribution in [-0.4, -0.2) is 9.55 Å². The predicted octanol–water partition coefficient (Wildman–Crippen LogP) is 2.76. The molecule has 0 amide bonds. The van der Waals surface area contributed by atoms with E-state index in [1.807, 2.05) is 6.07 Å². The van der Waals surface area contributed by atoms with Crippen molar-refractivity contribution in [3.8, 4) is 11.8 Å². The maximum Gasteiger partial charge on any atom is 0.206 e. The van der Waals surface area contributed by atoms with Crippen LogP contribution in [0, 0.1) is 23.0 Å². The Hall–Kier alpha value is -2.94. The zero-order chi connectivity index (χ0) is 14.3. The van der Waals surface area contributed by atoms with Crippen LogP contribution in [0.25, 0.3) is 16.7 Å². The summed E-state index contributed by atoms with van der Waals surface area (Å²) in [7, 11) is 0. The molecule has 0 fully saturated rings. The molecule has 1 aromatic heterocycles. The van der Waals surface area contributed by atoms with Crippen LogP contribution in [0.2, 0.25) is 0 Å². The fraction of sp³-hybridized carbons (Fsp3) is 0. The number of halogens is 2. The predicted molar refractivity (Wildman–Crippen MR) is 70.1 cm³/mol. The molecule has 2 N–H and O–H groups in total. The summed E-state index contributed by atoms with van der Waals surface area (Å²) in [6.07, 6.45) is 0. The molecule has 0 saturated carbocycles. The molecule has 0 radical (unpaired) electrons. The zero-order valence-electron chi connectivity index (χ0n) is 10.1. The van der Waals surface area contributed by atoms with Crippen molar-refractivity contribution in [2.45, 2.75) is 0 Å². The highest BCUT2D eigenvalue weighted by atomic mass is 19.1. The molecule has 1 heterocycles. The SMILES string of the molecule is N#Cc1cccc2c1nc(N)n2-c1c(F)cccc1F. The summed E-state index contributed by atoms with van der Waals surface area (Å²) >= 11 is 0. The number of rotatable bonds is 1. The average Bonchev–Trinajstić information content (AvgIpc) is 2.75. The Labute approximate surface area is 112 Å². The lowest BCUT2D eigenvalue weighted by atomic mass is 10.2. The molecule has 0 aliphatic heterocycles. The van der Waals surface area contributed by atoms with E-state index in [1.54, 1.807) is 18.2 Å². The van der Waals surface area contributed by atoms with E-state index in [1.165, 1.54) is 10.6 Å². The Morgan fingerprint density at radius 3 is 2.40 bits per heavy atom. The number of benzene rings is 2. The summed E-state index contributed by atoms with van der Waals surface area (Å²) in [5.74, 6) is -1.58. The lowest BCUT2D eigenvalue weighted by molar-refractivity contribution is 0.572. The highest BCUT2D eigenvalue weighted by Crippen LogP contribution is 2.28.